The molecular weight excluding hydrogens is 344 g/mol. The second-order valence-electron chi connectivity index (χ2n) is 7.12. The van der Waals surface area contributed by atoms with Gasteiger partial charge in [-0.3, -0.25) is 14.7 Å². The Morgan fingerprint density at radius 2 is 2.04 bits per heavy atom. The van der Waals surface area contributed by atoms with Crippen molar-refractivity contribution >= 4 is 11.8 Å². The topological polar surface area (TPSA) is 78.5 Å². The lowest BCUT2D eigenvalue weighted by atomic mass is 10.0. The number of likely N-dealkylation sites (tertiary alicyclic amines) is 1. The maximum Gasteiger partial charge on any atom is 0.258 e. The number of aryl methyl sites for hydroxylation is 1. The number of rotatable bonds is 3. The number of amides is 2. The number of carbonyl (C=O) groups excluding carboxylic acids is 2. The number of morpholine rings is 1. The van der Waals surface area contributed by atoms with Crippen LogP contribution in [0.25, 0.3) is 11.3 Å². The molecule has 7 nitrogen and oxygen atoms in total. The monoisotopic (exact) mass is 368 g/mol. The van der Waals surface area contributed by atoms with Gasteiger partial charge in [0.25, 0.3) is 5.91 Å². The van der Waals surface area contributed by atoms with Gasteiger partial charge < -0.3 is 14.5 Å². The fourth-order valence-electron chi connectivity index (χ4n) is 3.88. The highest BCUT2D eigenvalue weighted by Crippen LogP contribution is 2.27. The lowest BCUT2D eigenvalue weighted by Gasteiger charge is -2.32. The number of nitrogens with zero attached hydrogens (tertiary/aromatic N) is 3. The largest absolute Gasteiger partial charge is 0.378 e. The van der Waals surface area contributed by atoms with E-state index < -0.39 is 6.04 Å². The molecule has 3 heterocycles. The maximum absolute atomic E-state index is 13.3. The van der Waals surface area contributed by atoms with Crippen LogP contribution in [0.3, 0.4) is 0 Å². The SMILES string of the molecule is Cc1cccc(-c2[nH]ncc2C(=O)N2CCC[C@H]2C(=O)N2CCOCC2)c1. The lowest BCUT2D eigenvalue weighted by Crippen LogP contribution is -2.51. The van der Waals surface area contributed by atoms with Gasteiger partial charge in [0.05, 0.1) is 30.7 Å². The van der Waals surface area contributed by atoms with Crippen molar-refractivity contribution in [2.45, 2.75) is 25.8 Å². The minimum absolute atomic E-state index is 0.0322. The minimum Gasteiger partial charge on any atom is -0.378 e. The molecule has 1 N–H and O–H groups in total. The highest BCUT2D eigenvalue weighted by atomic mass is 16.5. The van der Waals surface area contributed by atoms with Crippen molar-refractivity contribution in [2.24, 2.45) is 0 Å². The van der Waals surface area contributed by atoms with Crippen LogP contribution in [0.4, 0.5) is 0 Å². The van der Waals surface area contributed by atoms with Crippen molar-refractivity contribution in [1.82, 2.24) is 20.0 Å². The molecule has 0 radical (unpaired) electrons. The highest BCUT2D eigenvalue weighted by Gasteiger charge is 2.38. The molecule has 7 heteroatoms. The van der Waals surface area contributed by atoms with E-state index in [1.165, 1.54) is 0 Å². The zero-order valence-electron chi connectivity index (χ0n) is 15.5. The first-order valence-electron chi connectivity index (χ1n) is 9.43. The number of hydrogen-bond donors (Lipinski definition) is 1. The maximum atomic E-state index is 13.3. The van der Waals surface area contributed by atoms with Gasteiger partial charge in [-0.15, -0.1) is 0 Å². The summed E-state index contributed by atoms with van der Waals surface area (Å²) in [6.07, 6.45) is 3.11. The van der Waals surface area contributed by atoms with Crippen LogP contribution in [0.5, 0.6) is 0 Å². The predicted molar refractivity (Wildman–Crippen MR) is 100 cm³/mol. The Balaban J connectivity index is 1.57. The smallest absolute Gasteiger partial charge is 0.258 e. The summed E-state index contributed by atoms with van der Waals surface area (Å²) in [6.45, 7) is 4.92. The Kier molecular flexibility index (Phi) is 4.94. The van der Waals surface area contributed by atoms with Gasteiger partial charge in [-0.2, -0.15) is 5.10 Å². The molecule has 2 amide bonds. The number of H-pyrrole nitrogens is 1. The molecule has 2 saturated heterocycles. The first-order valence-corrected chi connectivity index (χ1v) is 9.43. The van der Waals surface area contributed by atoms with Crippen molar-refractivity contribution in [2.75, 3.05) is 32.8 Å². The number of aromatic nitrogens is 2. The number of aromatic amines is 1. The third-order valence-electron chi connectivity index (χ3n) is 5.30. The Bertz CT molecular complexity index is 841. The van der Waals surface area contributed by atoms with Gasteiger partial charge in [0, 0.05) is 25.2 Å². The molecule has 142 valence electrons. The lowest BCUT2D eigenvalue weighted by molar-refractivity contribution is -0.139. The van der Waals surface area contributed by atoms with E-state index in [9.17, 15) is 9.59 Å². The molecule has 1 aromatic heterocycles. The molecule has 2 fully saturated rings. The third-order valence-corrected chi connectivity index (χ3v) is 5.30. The minimum atomic E-state index is -0.393. The van der Waals surface area contributed by atoms with E-state index in [0.717, 1.165) is 17.5 Å². The van der Waals surface area contributed by atoms with Gasteiger partial charge in [0.1, 0.15) is 6.04 Å². The van der Waals surface area contributed by atoms with Crippen molar-refractivity contribution < 1.29 is 14.3 Å². The van der Waals surface area contributed by atoms with Crippen molar-refractivity contribution in [3.05, 3.63) is 41.6 Å². The fraction of sp³-hybridized carbons (Fsp3) is 0.450. The summed E-state index contributed by atoms with van der Waals surface area (Å²) in [4.78, 5) is 29.7. The van der Waals surface area contributed by atoms with Gasteiger partial charge in [0.15, 0.2) is 0 Å². The molecule has 1 atom stereocenters. The first-order chi connectivity index (χ1) is 13.1. The molecule has 2 aliphatic rings. The standard InChI is InChI=1S/C20H24N4O3/c1-14-4-2-5-15(12-14)18-16(13-21-22-18)19(25)24-7-3-6-17(24)20(26)23-8-10-27-11-9-23/h2,4-5,12-13,17H,3,6-11H2,1H3,(H,21,22)/t17-/m0/s1. The normalized spacial score (nSPS) is 20.1. The fourth-order valence-corrected chi connectivity index (χ4v) is 3.88. The molecule has 4 rings (SSSR count). The van der Waals surface area contributed by atoms with E-state index in [4.69, 9.17) is 4.74 Å². The van der Waals surface area contributed by atoms with Crippen molar-refractivity contribution in [3.63, 3.8) is 0 Å². The summed E-state index contributed by atoms with van der Waals surface area (Å²) in [7, 11) is 0. The average molecular weight is 368 g/mol. The molecule has 2 aliphatic heterocycles. The highest BCUT2D eigenvalue weighted by molar-refractivity contribution is 6.02. The summed E-state index contributed by atoms with van der Waals surface area (Å²) in [6, 6.07) is 7.55. The summed E-state index contributed by atoms with van der Waals surface area (Å²) >= 11 is 0. The van der Waals surface area contributed by atoms with Gasteiger partial charge in [0.2, 0.25) is 5.91 Å². The number of hydrogen-bond acceptors (Lipinski definition) is 4. The Hall–Kier alpha value is -2.67. The van der Waals surface area contributed by atoms with E-state index >= 15 is 0 Å². The zero-order chi connectivity index (χ0) is 18.8. The average Bonchev–Trinajstić information content (AvgIpc) is 3.37. The predicted octanol–water partition coefficient (Wildman–Crippen LogP) is 1.85. The van der Waals surface area contributed by atoms with E-state index in [0.29, 0.717) is 50.5 Å². The summed E-state index contributed by atoms with van der Waals surface area (Å²) in [5.41, 5.74) is 3.25. The first kappa shape index (κ1) is 17.7. The zero-order valence-corrected chi connectivity index (χ0v) is 15.5. The van der Waals surface area contributed by atoms with Gasteiger partial charge >= 0.3 is 0 Å². The van der Waals surface area contributed by atoms with Crippen LogP contribution in [0.15, 0.2) is 30.5 Å². The number of carbonyl (C=O) groups is 2. The summed E-state index contributed by atoms with van der Waals surface area (Å²) in [5, 5.41) is 7.05. The van der Waals surface area contributed by atoms with Crippen LogP contribution in [0, 0.1) is 6.92 Å². The molecule has 0 bridgehead atoms. The van der Waals surface area contributed by atoms with Crippen molar-refractivity contribution in [1.29, 1.82) is 0 Å². The number of ether oxygens (including phenoxy) is 1. The van der Waals surface area contributed by atoms with Gasteiger partial charge in [-0.25, -0.2) is 0 Å². The molecule has 0 spiro atoms. The van der Waals surface area contributed by atoms with Crippen molar-refractivity contribution in [3.8, 4) is 11.3 Å². The Morgan fingerprint density at radius 3 is 2.81 bits per heavy atom. The van der Waals surface area contributed by atoms with E-state index in [-0.39, 0.29) is 11.8 Å². The molecule has 2 aromatic rings. The third kappa shape index (κ3) is 3.47. The van der Waals surface area contributed by atoms with Gasteiger partial charge in [-0.05, 0) is 25.8 Å². The van der Waals surface area contributed by atoms with Crippen LogP contribution < -0.4 is 0 Å². The summed E-state index contributed by atoms with van der Waals surface area (Å²) < 4.78 is 5.33. The van der Waals surface area contributed by atoms with Gasteiger partial charge in [-0.1, -0.05) is 23.8 Å². The van der Waals surface area contributed by atoms with E-state index in [2.05, 4.69) is 10.2 Å². The van der Waals surface area contributed by atoms with E-state index in [1.807, 2.05) is 36.1 Å². The van der Waals surface area contributed by atoms with Crippen LogP contribution in [-0.4, -0.2) is 70.7 Å². The van der Waals surface area contributed by atoms with Crippen LogP contribution >= 0.6 is 0 Å². The molecule has 27 heavy (non-hydrogen) atoms. The number of nitrogens with one attached hydrogen (secondary N) is 1. The molecule has 1 aromatic carbocycles. The van der Waals surface area contributed by atoms with Crippen LogP contribution in [-0.2, 0) is 9.53 Å². The molecule has 0 saturated carbocycles. The second-order valence-corrected chi connectivity index (χ2v) is 7.12. The Morgan fingerprint density at radius 1 is 1.22 bits per heavy atom. The Labute approximate surface area is 158 Å². The molecule has 0 aliphatic carbocycles. The van der Waals surface area contributed by atoms with E-state index in [1.54, 1.807) is 11.1 Å². The molecular formula is C20H24N4O3. The second kappa shape index (κ2) is 7.52. The quantitative estimate of drug-likeness (QED) is 0.897. The summed E-state index contributed by atoms with van der Waals surface area (Å²) in [5.74, 6) is -0.103. The number of benzene rings is 1. The van der Waals surface area contributed by atoms with Crippen LogP contribution in [0.2, 0.25) is 0 Å². The van der Waals surface area contributed by atoms with Crippen LogP contribution in [0.1, 0.15) is 28.8 Å². The molecule has 0 unspecified atom stereocenters.